The Hall–Kier alpha value is -2.04. The molecule has 37 heavy (non-hydrogen) atoms. The van der Waals surface area contributed by atoms with Crippen LogP contribution in [0.4, 0.5) is 0 Å². The fourth-order valence-corrected chi connectivity index (χ4v) is 6.25. The number of aromatic nitrogens is 4. The molecule has 11 heteroatoms. The maximum atomic E-state index is 13.0. The van der Waals surface area contributed by atoms with E-state index in [1.165, 1.54) is 0 Å². The van der Waals surface area contributed by atoms with Gasteiger partial charge in [0.1, 0.15) is 18.4 Å². The average Bonchev–Trinajstić information content (AvgIpc) is 3.36. The number of esters is 1. The average molecular weight is 566 g/mol. The fourth-order valence-electron chi connectivity index (χ4n) is 4.42. The Morgan fingerprint density at radius 1 is 1.19 bits per heavy atom. The van der Waals surface area contributed by atoms with Gasteiger partial charge in [0, 0.05) is 0 Å². The number of rotatable bonds is 7. The van der Waals surface area contributed by atoms with Gasteiger partial charge in [0.25, 0.3) is 0 Å². The van der Waals surface area contributed by atoms with Crippen molar-refractivity contribution in [2.45, 2.75) is 77.6 Å². The van der Waals surface area contributed by atoms with Crippen molar-refractivity contribution in [3.63, 3.8) is 0 Å². The van der Waals surface area contributed by atoms with Crippen molar-refractivity contribution in [3.05, 3.63) is 52.7 Å². The van der Waals surface area contributed by atoms with E-state index in [-0.39, 0.29) is 34.3 Å². The highest BCUT2D eigenvalue weighted by atomic mass is 35.5. The van der Waals surface area contributed by atoms with Crippen molar-refractivity contribution < 1.29 is 18.7 Å². The van der Waals surface area contributed by atoms with Crippen molar-refractivity contribution in [1.29, 1.82) is 0 Å². The van der Waals surface area contributed by atoms with E-state index >= 15 is 0 Å². The molecule has 2 aromatic heterocycles. The minimum absolute atomic E-state index is 0.00979. The number of hydrogen-bond donors (Lipinski definition) is 0. The minimum atomic E-state index is -2.24. The highest BCUT2D eigenvalue weighted by Gasteiger charge is 2.58. The van der Waals surface area contributed by atoms with Crippen molar-refractivity contribution >= 4 is 48.7 Å². The number of carbonyl (C=O) groups excluding carboxylic acids is 1. The zero-order valence-electron chi connectivity index (χ0n) is 22.3. The molecule has 1 aliphatic heterocycles. The molecule has 1 saturated heterocycles. The summed E-state index contributed by atoms with van der Waals surface area (Å²) in [5.41, 5.74) is 0.562. The van der Waals surface area contributed by atoms with Crippen LogP contribution in [-0.2, 0) is 13.9 Å². The lowest BCUT2D eigenvalue weighted by Crippen LogP contribution is -2.52. The highest BCUT2D eigenvalue weighted by Crippen LogP contribution is 2.51. The van der Waals surface area contributed by atoms with Crippen molar-refractivity contribution in [3.8, 4) is 0 Å². The first kappa shape index (κ1) is 28.0. The Morgan fingerprint density at radius 3 is 2.49 bits per heavy atom. The van der Waals surface area contributed by atoms with E-state index in [0.717, 1.165) is 0 Å². The SMILES string of the molecule is CC[C@H]1O[C@@H](n2cnc3c(Cl)nc(Cl)nc32)[C@@](C)(COC(=O)c2ccccc2)C1O[Si](C)(C)C(C)(C)C. The van der Waals surface area contributed by atoms with E-state index in [2.05, 4.69) is 55.7 Å². The highest BCUT2D eigenvalue weighted by molar-refractivity contribution is 6.74. The van der Waals surface area contributed by atoms with Gasteiger partial charge >= 0.3 is 5.97 Å². The Labute approximate surface area is 228 Å². The second kappa shape index (κ2) is 10.3. The molecule has 8 nitrogen and oxygen atoms in total. The number of carbonyl (C=O) groups is 1. The third-order valence-electron chi connectivity index (χ3n) is 7.61. The van der Waals surface area contributed by atoms with Gasteiger partial charge in [-0.1, -0.05) is 57.5 Å². The number of benzene rings is 1. The van der Waals surface area contributed by atoms with E-state index < -0.39 is 25.9 Å². The normalized spacial score (nSPS) is 24.5. The molecule has 0 saturated carbocycles. The summed E-state index contributed by atoms with van der Waals surface area (Å²) in [6, 6.07) is 8.93. The number of fused-ring (bicyclic) bond motifs is 1. The van der Waals surface area contributed by atoms with Gasteiger partial charge in [0.05, 0.1) is 29.5 Å². The minimum Gasteiger partial charge on any atom is -0.461 e. The summed E-state index contributed by atoms with van der Waals surface area (Å²) in [5, 5.41) is 0.140. The lowest BCUT2D eigenvalue weighted by Gasteiger charge is -2.43. The molecule has 3 aromatic rings. The summed E-state index contributed by atoms with van der Waals surface area (Å²) in [7, 11) is -2.24. The number of halogens is 2. The van der Waals surface area contributed by atoms with Crippen LogP contribution >= 0.6 is 23.2 Å². The number of nitrogens with zero attached hydrogens (tertiary/aromatic N) is 4. The van der Waals surface area contributed by atoms with E-state index in [1.54, 1.807) is 35.2 Å². The van der Waals surface area contributed by atoms with Crippen LogP contribution in [0.25, 0.3) is 11.2 Å². The van der Waals surface area contributed by atoms with Crippen LogP contribution in [0.3, 0.4) is 0 Å². The fraction of sp³-hybridized carbons (Fsp3) is 0.538. The van der Waals surface area contributed by atoms with Crippen molar-refractivity contribution in [1.82, 2.24) is 19.5 Å². The zero-order chi connectivity index (χ0) is 27.2. The molecule has 1 fully saturated rings. The van der Waals surface area contributed by atoms with E-state index in [4.69, 9.17) is 37.1 Å². The lowest BCUT2D eigenvalue weighted by atomic mass is 9.82. The van der Waals surface area contributed by atoms with Crippen LogP contribution in [0, 0.1) is 5.41 Å². The summed E-state index contributed by atoms with van der Waals surface area (Å²) < 4.78 is 21.4. The molecule has 200 valence electrons. The van der Waals surface area contributed by atoms with E-state index in [9.17, 15) is 4.79 Å². The number of hydrogen-bond acceptors (Lipinski definition) is 7. The molecular formula is C26H34Cl2N4O4Si. The van der Waals surface area contributed by atoms with Crippen LogP contribution in [-0.4, -0.2) is 52.6 Å². The molecule has 1 unspecified atom stereocenters. The summed E-state index contributed by atoms with van der Waals surface area (Å²) in [5.74, 6) is -0.407. The van der Waals surface area contributed by atoms with Gasteiger partial charge in [-0.05, 0) is 55.2 Å². The van der Waals surface area contributed by atoms with Gasteiger partial charge < -0.3 is 13.9 Å². The molecule has 0 N–H and O–H groups in total. The van der Waals surface area contributed by atoms with E-state index in [1.807, 2.05) is 13.0 Å². The third kappa shape index (κ3) is 5.29. The van der Waals surface area contributed by atoms with Crippen molar-refractivity contribution in [2.75, 3.05) is 6.61 Å². The molecule has 0 bridgehead atoms. The molecular weight excluding hydrogens is 531 g/mol. The number of imidazole rings is 1. The third-order valence-corrected chi connectivity index (χ3v) is 12.5. The summed E-state index contributed by atoms with van der Waals surface area (Å²) >= 11 is 12.5. The quantitative estimate of drug-likeness (QED) is 0.136. The van der Waals surface area contributed by atoms with E-state index in [0.29, 0.717) is 23.1 Å². The monoisotopic (exact) mass is 564 g/mol. The van der Waals surface area contributed by atoms with Crippen molar-refractivity contribution in [2.24, 2.45) is 5.41 Å². The van der Waals surface area contributed by atoms with Gasteiger partial charge in [-0.15, -0.1) is 0 Å². The smallest absolute Gasteiger partial charge is 0.338 e. The Bertz CT molecular complexity index is 1280. The Morgan fingerprint density at radius 2 is 1.86 bits per heavy atom. The first-order valence-corrected chi connectivity index (χ1v) is 16.1. The van der Waals surface area contributed by atoms with Crippen LogP contribution in [0.2, 0.25) is 28.6 Å². The Kier molecular flexibility index (Phi) is 7.76. The predicted octanol–water partition coefficient (Wildman–Crippen LogP) is 6.69. The second-order valence-corrected chi connectivity index (χ2v) is 16.7. The molecule has 3 heterocycles. The van der Waals surface area contributed by atoms with Gasteiger partial charge in [-0.25, -0.2) is 14.8 Å². The Balaban J connectivity index is 1.78. The first-order chi connectivity index (χ1) is 17.3. The molecule has 0 amide bonds. The molecule has 1 aromatic carbocycles. The second-order valence-electron chi connectivity index (χ2n) is 11.3. The van der Waals surface area contributed by atoms with Gasteiger partial charge in [-0.2, -0.15) is 4.98 Å². The van der Waals surface area contributed by atoms with Gasteiger partial charge in [0.2, 0.25) is 5.28 Å². The molecule has 1 aliphatic rings. The molecule has 4 rings (SSSR count). The van der Waals surface area contributed by atoms with Crippen LogP contribution < -0.4 is 0 Å². The van der Waals surface area contributed by atoms with Gasteiger partial charge in [-0.3, -0.25) is 4.57 Å². The van der Waals surface area contributed by atoms with Gasteiger partial charge in [0.15, 0.2) is 19.1 Å². The zero-order valence-corrected chi connectivity index (χ0v) is 24.8. The topological polar surface area (TPSA) is 88.4 Å². The molecule has 0 aliphatic carbocycles. The predicted molar refractivity (Wildman–Crippen MR) is 146 cm³/mol. The summed E-state index contributed by atoms with van der Waals surface area (Å²) in [4.78, 5) is 25.8. The first-order valence-electron chi connectivity index (χ1n) is 12.4. The maximum absolute atomic E-state index is 13.0. The largest absolute Gasteiger partial charge is 0.461 e. The summed E-state index contributed by atoms with van der Waals surface area (Å²) in [6.07, 6.45) is 1.12. The lowest BCUT2D eigenvalue weighted by molar-refractivity contribution is -0.0562. The van der Waals surface area contributed by atoms with Crippen LogP contribution in [0.1, 0.15) is 57.6 Å². The molecule has 4 atom stereocenters. The number of ether oxygens (including phenoxy) is 2. The standard InChI is InChI=1S/C26H34Cl2N4O4Si/c1-8-17-19(36-37(6,7)25(2,3)4)26(5,14-34-22(33)16-12-10-9-11-13-16)23(35-17)32-15-29-18-20(27)30-24(28)31-21(18)32/h9-13,15,17,19,23H,8,14H2,1-7H3/t17-,19?,23-,26+/m1/s1. The maximum Gasteiger partial charge on any atom is 0.338 e. The van der Waals surface area contributed by atoms with Crippen LogP contribution in [0.5, 0.6) is 0 Å². The van der Waals surface area contributed by atoms with Crippen LogP contribution in [0.15, 0.2) is 36.7 Å². The molecule has 0 radical (unpaired) electrons. The summed E-state index contributed by atoms with van der Waals surface area (Å²) in [6.45, 7) is 15.2. The molecule has 0 spiro atoms.